The van der Waals surface area contributed by atoms with Crippen LogP contribution < -0.4 is 10.6 Å². The monoisotopic (exact) mass is 657 g/mol. The third-order valence-corrected chi connectivity index (χ3v) is 9.63. The first-order valence-corrected chi connectivity index (χ1v) is 17.6. The van der Waals surface area contributed by atoms with Crippen molar-refractivity contribution in [1.82, 2.24) is 25.3 Å². The van der Waals surface area contributed by atoms with Gasteiger partial charge in [-0.15, -0.1) is 0 Å². The predicted octanol–water partition coefficient (Wildman–Crippen LogP) is 4.29. The second-order valence-corrected chi connectivity index (χ2v) is 13.0. The van der Waals surface area contributed by atoms with Gasteiger partial charge in [-0.05, 0) is 87.6 Å². The van der Waals surface area contributed by atoms with Gasteiger partial charge < -0.3 is 30.1 Å². The zero-order valence-corrected chi connectivity index (χ0v) is 29.3. The van der Waals surface area contributed by atoms with Gasteiger partial charge in [0.15, 0.2) is 0 Å². The van der Waals surface area contributed by atoms with Crippen molar-refractivity contribution >= 4 is 28.5 Å². The van der Waals surface area contributed by atoms with Crippen LogP contribution in [0, 0.1) is 0 Å². The summed E-state index contributed by atoms with van der Waals surface area (Å²) in [4.78, 5) is 46.8. The third-order valence-electron chi connectivity index (χ3n) is 9.63. The number of fused-ring (bicyclic) bond motifs is 1. The standard InChI is InChI=1S/C35H46N4O4.C4H9N/c1-5-39(33(40)25-43-4)32(24-27-17-18-28-14-9-10-15-29(28)22-27)35(42)38(3)31(23-26-12-7-6-8-13-26)34(41)36-20-19-30-16-11-21-37(30)2;1-2-4-5-3-1/h6-10,12-15,17-18,22,30-32H,5,11,16,19-21,23-25H2,1-4H3,(H,36,41);5H,1-4H2/t30?,31-,32-;/m1./s1. The Morgan fingerprint density at radius 3 is 2.23 bits per heavy atom. The minimum Gasteiger partial charge on any atom is -0.375 e. The number of nitrogens with one attached hydrogen (secondary N) is 2. The number of methoxy groups -OCH3 is 1. The van der Waals surface area contributed by atoms with Crippen LogP contribution in [0.5, 0.6) is 0 Å². The van der Waals surface area contributed by atoms with Gasteiger partial charge in [-0.3, -0.25) is 14.4 Å². The van der Waals surface area contributed by atoms with Crippen molar-refractivity contribution in [3.05, 3.63) is 83.9 Å². The first-order valence-electron chi connectivity index (χ1n) is 17.6. The molecule has 3 atom stereocenters. The summed E-state index contributed by atoms with van der Waals surface area (Å²) in [5.74, 6) is -0.718. The van der Waals surface area contributed by atoms with Crippen LogP contribution in [-0.2, 0) is 32.0 Å². The molecule has 0 bridgehead atoms. The molecule has 2 aliphatic rings. The smallest absolute Gasteiger partial charge is 0.249 e. The molecule has 260 valence electrons. The number of carbonyl (C=O) groups excluding carboxylic acids is 3. The van der Waals surface area contributed by atoms with Crippen molar-refractivity contribution in [3.8, 4) is 0 Å². The van der Waals surface area contributed by atoms with Gasteiger partial charge >= 0.3 is 0 Å². The second-order valence-electron chi connectivity index (χ2n) is 13.0. The Bertz CT molecular complexity index is 1440. The van der Waals surface area contributed by atoms with Crippen LogP contribution in [0.2, 0.25) is 0 Å². The van der Waals surface area contributed by atoms with Gasteiger partial charge in [0.1, 0.15) is 18.7 Å². The summed E-state index contributed by atoms with van der Waals surface area (Å²) in [7, 11) is 5.29. The number of rotatable bonds is 14. The molecule has 0 aliphatic carbocycles. The molecule has 9 nitrogen and oxygen atoms in total. The average Bonchev–Trinajstić information content (AvgIpc) is 3.83. The fourth-order valence-electron chi connectivity index (χ4n) is 6.78. The Hall–Kier alpha value is -3.79. The normalized spacial score (nSPS) is 17.3. The summed E-state index contributed by atoms with van der Waals surface area (Å²) < 4.78 is 5.16. The first-order chi connectivity index (χ1) is 23.3. The quantitative estimate of drug-likeness (QED) is 0.269. The predicted molar refractivity (Wildman–Crippen MR) is 193 cm³/mol. The van der Waals surface area contributed by atoms with E-state index in [1.54, 1.807) is 16.8 Å². The number of likely N-dealkylation sites (tertiary alicyclic amines) is 1. The fourth-order valence-corrected chi connectivity index (χ4v) is 6.78. The lowest BCUT2D eigenvalue weighted by atomic mass is 9.98. The zero-order chi connectivity index (χ0) is 34.3. The molecule has 2 N–H and O–H groups in total. The number of carbonyl (C=O) groups is 3. The summed E-state index contributed by atoms with van der Waals surface area (Å²) in [5.41, 5.74) is 1.91. The van der Waals surface area contributed by atoms with E-state index in [4.69, 9.17) is 4.74 Å². The molecule has 9 heteroatoms. The molecule has 0 spiro atoms. The molecule has 1 unspecified atom stereocenters. The fraction of sp³-hybridized carbons (Fsp3) is 0.513. The lowest BCUT2D eigenvalue weighted by Gasteiger charge is -2.36. The molecule has 0 aromatic heterocycles. The molecular formula is C39H55N5O4. The molecule has 2 heterocycles. The molecule has 2 aliphatic heterocycles. The SMILES string of the molecule is C1CCNC1.CCN(C(=O)COC)[C@H](Cc1ccc2ccccc2c1)C(=O)N(C)[C@H](Cc1ccccc1)C(=O)NCCC1CCCN1C. The Morgan fingerprint density at radius 2 is 1.60 bits per heavy atom. The maximum absolute atomic E-state index is 14.4. The number of likely N-dealkylation sites (N-methyl/N-ethyl adjacent to an activating group) is 2. The third kappa shape index (κ3) is 10.6. The van der Waals surface area contributed by atoms with Gasteiger partial charge in [-0.2, -0.15) is 0 Å². The molecular weight excluding hydrogens is 602 g/mol. The van der Waals surface area contributed by atoms with Gasteiger partial charge in [-0.25, -0.2) is 0 Å². The number of benzene rings is 3. The zero-order valence-electron chi connectivity index (χ0n) is 29.3. The topological polar surface area (TPSA) is 94.2 Å². The average molecular weight is 658 g/mol. The van der Waals surface area contributed by atoms with Crippen molar-refractivity contribution in [2.75, 3.05) is 60.5 Å². The Labute approximate surface area is 287 Å². The Morgan fingerprint density at radius 1 is 0.917 bits per heavy atom. The molecule has 3 amide bonds. The number of hydrogen-bond acceptors (Lipinski definition) is 6. The number of ether oxygens (including phenoxy) is 1. The summed E-state index contributed by atoms with van der Waals surface area (Å²) in [6, 6.07) is 22.9. The van der Waals surface area contributed by atoms with Gasteiger partial charge in [0.2, 0.25) is 17.7 Å². The van der Waals surface area contributed by atoms with Gasteiger partial charge in [-0.1, -0.05) is 72.8 Å². The van der Waals surface area contributed by atoms with E-state index in [-0.39, 0.29) is 24.3 Å². The van der Waals surface area contributed by atoms with Gasteiger partial charge in [0.05, 0.1) is 0 Å². The van der Waals surface area contributed by atoms with E-state index in [0.29, 0.717) is 32.0 Å². The molecule has 3 aromatic rings. The molecule has 3 aromatic carbocycles. The van der Waals surface area contributed by atoms with Crippen LogP contribution in [0.25, 0.3) is 10.8 Å². The Balaban J connectivity index is 0.000000950. The van der Waals surface area contributed by atoms with E-state index < -0.39 is 12.1 Å². The summed E-state index contributed by atoms with van der Waals surface area (Å²) in [5, 5.41) is 8.52. The van der Waals surface area contributed by atoms with Crippen LogP contribution in [-0.4, -0.2) is 111 Å². The van der Waals surface area contributed by atoms with Gasteiger partial charge in [0.25, 0.3) is 0 Å². The maximum Gasteiger partial charge on any atom is 0.249 e. The molecule has 2 saturated heterocycles. The van der Waals surface area contributed by atoms with Crippen molar-refractivity contribution in [3.63, 3.8) is 0 Å². The van der Waals surface area contributed by atoms with E-state index >= 15 is 0 Å². The van der Waals surface area contributed by atoms with Crippen molar-refractivity contribution < 1.29 is 19.1 Å². The minimum absolute atomic E-state index is 0.122. The highest BCUT2D eigenvalue weighted by atomic mass is 16.5. The number of amides is 3. The maximum atomic E-state index is 14.4. The summed E-state index contributed by atoms with van der Waals surface area (Å²) >= 11 is 0. The van der Waals surface area contributed by atoms with Crippen molar-refractivity contribution in [2.45, 2.75) is 70.0 Å². The van der Waals surface area contributed by atoms with Crippen LogP contribution >= 0.6 is 0 Å². The molecule has 0 radical (unpaired) electrons. The van der Waals surface area contributed by atoms with Crippen LogP contribution in [0.3, 0.4) is 0 Å². The Kier molecular flexibility index (Phi) is 14.9. The van der Waals surface area contributed by atoms with E-state index in [9.17, 15) is 14.4 Å². The second kappa shape index (κ2) is 19.3. The van der Waals surface area contributed by atoms with Crippen molar-refractivity contribution in [2.24, 2.45) is 0 Å². The highest BCUT2D eigenvalue weighted by molar-refractivity contribution is 5.93. The lowest BCUT2D eigenvalue weighted by molar-refractivity contribution is -0.149. The molecule has 0 saturated carbocycles. The lowest BCUT2D eigenvalue weighted by Crippen LogP contribution is -2.57. The van der Waals surface area contributed by atoms with E-state index in [2.05, 4.69) is 28.6 Å². The number of hydrogen-bond donors (Lipinski definition) is 2. The first kappa shape index (κ1) is 37.0. The van der Waals surface area contributed by atoms with E-state index in [0.717, 1.165) is 41.3 Å². The molecule has 2 fully saturated rings. The van der Waals surface area contributed by atoms with Crippen LogP contribution in [0.15, 0.2) is 72.8 Å². The largest absolute Gasteiger partial charge is 0.375 e. The van der Waals surface area contributed by atoms with Gasteiger partial charge in [0, 0.05) is 46.1 Å². The van der Waals surface area contributed by atoms with E-state index in [1.807, 2.05) is 73.7 Å². The summed E-state index contributed by atoms with van der Waals surface area (Å²) in [6.07, 6.45) is 6.66. The summed E-state index contributed by atoms with van der Waals surface area (Å²) in [6.45, 7) is 6.21. The molecule has 5 rings (SSSR count). The van der Waals surface area contributed by atoms with Crippen LogP contribution in [0.4, 0.5) is 0 Å². The molecule has 48 heavy (non-hydrogen) atoms. The van der Waals surface area contributed by atoms with Crippen LogP contribution in [0.1, 0.15) is 50.2 Å². The minimum atomic E-state index is -0.794. The van der Waals surface area contributed by atoms with E-state index in [1.165, 1.54) is 39.5 Å². The highest BCUT2D eigenvalue weighted by Gasteiger charge is 2.36. The number of nitrogens with zero attached hydrogens (tertiary/aromatic N) is 3. The highest BCUT2D eigenvalue weighted by Crippen LogP contribution is 2.21. The van der Waals surface area contributed by atoms with Crippen molar-refractivity contribution in [1.29, 1.82) is 0 Å².